The normalized spacial score (nSPS) is 23.0. The molecule has 204 valence electrons. The van der Waals surface area contributed by atoms with Gasteiger partial charge in [-0.15, -0.1) is 0 Å². The molecule has 11 heteroatoms. The maximum atomic E-state index is 13.8. The lowest BCUT2D eigenvalue weighted by molar-refractivity contribution is -0.126. The number of allylic oxidation sites excluding steroid dienone is 3. The molecule has 38 heavy (non-hydrogen) atoms. The molecule has 3 atom stereocenters. The molecule has 4 rings (SSSR count). The van der Waals surface area contributed by atoms with E-state index in [-0.39, 0.29) is 41.7 Å². The number of rotatable bonds is 5. The molecule has 11 nitrogen and oxygen atoms in total. The van der Waals surface area contributed by atoms with Crippen LogP contribution < -0.4 is 21.3 Å². The summed E-state index contributed by atoms with van der Waals surface area (Å²) >= 11 is 0. The van der Waals surface area contributed by atoms with E-state index in [4.69, 9.17) is 5.73 Å². The fraction of sp³-hybridized carbons (Fsp3) is 0.481. The van der Waals surface area contributed by atoms with E-state index in [9.17, 15) is 34.5 Å². The largest absolute Gasteiger partial charge is 0.511 e. The third-order valence-corrected chi connectivity index (χ3v) is 7.40. The first-order valence-corrected chi connectivity index (χ1v) is 12.5. The van der Waals surface area contributed by atoms with Gasteiger partial charge in [0.2, 0.25) is 5.91 Å². The Labute approximate surface area is 220 Å². The predicted octanol–water partition coefficient (Wildman–Crippen LogP) is 1.86. The quantitative estimate of drug-likeness (QED) is 0.246. The number of aliphatic hydroxyl groups excluding tert-OH is 2. The van der Waals surface area contributed by atoms with Crippen LogP contribution in [-0.2, 0) is 20.8 Å². The lowest BCUT2D eigenvalue weighted by Crippen LogP contribution is -2.43. The minimum atomic E-state index is -1.19. The molecule has 3 aliphatic carbocycles. The second kappa shape index (κ2) is 9.46. The maximum Gasteiger partial charge on any atom is 0.255 e. The Morgan fingerprint density at radius 2 is 1.79 bits per heavy atom. The summed E-state index contributed by atoms with van der Waals surface area (Å²) in [5.74, 6) is -6.45. The van der Waals surface area contributed by atoms with Crippen LogP contribution in [0.2, 0.25) is 0 Å². The topological polar surface area (TPSA) is 182 Å². The number of phenols is 1. The van der Waals surface area contributed by atoms with Crippen molar-refractivity contribution in [2.75, 3.05) is 30.9 Å². The third kappa shape index (κ3) is 4.62. The van der Waals surface area contributed by atoms with Gasteiger partial charge in [0.1, 0.15) is 17.1 Å². The first-order valence-electron chi connectivity index (χ1n) is 12.5. The van der Waals surface area contributed by atoms with Crippen LogP contribution >= 0.6 is 0 Å². The molecule has 0 aliphatic heterocycles. The van der Waals surface area contributed by atoms with E-state index in [2.05, 4.69) is 10.6 Å². The molecule has 2 amide bonds. The molecule has 3 aliphatic rings. The second-order valence-electron chi connectivity index (χ2n) is 11.4. The first-order chi connectivity index (χ1) is 17.6. The number of nitrogens with zero attached hydrogens (tertiary/aromatic N) is 1. The number of phenolic OH excluding ortho intramolecular Hbond substituents is 1. The number of amides is 2. The Kier molecular flexibility index (Phi) is 6.77. The summed E-state index contributed by atoms with van der Waals surface area (Å²) < 4.78 is 0. The highest BCUT2D eigenvalue weighted by atomic mass is 16.3. The number of ketones is 2. The van der Waals surface area contributed by atoms with Gasteiger partial charge in [0, 0.05) is 37.3 Å². The van der Waals surface area contributed by atoms with Crippen LogP contribution in [-0.4, -0.2) is 64.9 Å². The SMILES string of the molecule is CN(C)c1cc(NC(=O)CNC(C)(C)C)c(O)c2c1CC1CC3CC(O)=C(C(N)=O)C(=O)C3C(O)=C1C2=O. The van der Waals surface area contributed by atoms with Gasteiger partial charge in [0.25, 0.3) is 5.91 Å². The van der Waals surface area contributed by atoms with Gasteiger partial charge in [-0.2, -0.15) is 0 Å². The lowest BCUT2D eigenvalue weighted by Gasteiger charge is -2.41. The van der Waals surface area contributed by atoms with Crippen LogP contribution in [0.3, 0.4) is 0 Å². The monoisotopic (exact) mass is 526 g/mol. The van der Waals surface area contributed by atoms with Crippen LogP contribution in [0.15, 0.2) is 28.7 Å². The number of aliphatic hydroxyl groups is 2. The molecule has 0 radical (unpaired) electrons. The molecule has 0 spiro atoms. The van der Waals surface area contributed by atoms with Crippen molar-refractivity contribution in [1.29, 1.82) is 0 Å². The summed E-state index contributed by atoms with van der Waals surface area (Å²) in [5, 5.41) is 38.4. The van der Waals surface area contributed by atoms with Crippen molar-refractivity contribution >= 4 is 34.8 Å². The lowest BCUT2D eigenvalue weighted by atomic mass is 9.62. The van der Waals surface area contributed by atoms with Crippen molar-refractivity contribution in [1.82, 2.24) is 5.32 Å². The van der Waals surface area contributed by atoms with Gasteiger partial charge in [-0.25, -0.2) is 0 Å². The smallest absolute Gasteiger partial charge is 0.255 e. The van der Waals surface area contributed by atoms with E-state index < -0.39 is 64.0 Å². The van der Waals surface area contributed by atoms with Crippen molar-refractivity contribution in [2.45, 2.75) is 45.6 Å². The number of carbonyl (C=O) groups is 4. The van der Waals surface area contributed by atoms with Gasteiger partial charge in [-0.1, -0.05) is 0 Å². The van der Waals surface area contributed by atoms with Crippen LogP contribution in [0.25, 0.3) is 0 Å². The molecular formula is C27H34N4O7. The molecule has 0 saturated heterocycles. The number of carbonyl (C=O) groups excluding carboxylic acids is 4. The number of benzene rings is 1. The molecule has 0 fully saturated rings. The minimum absolute atomic E-state index is 0.00445. The molecular weight excluding hydrogens is 492 g/mol. The van der Waals surface area contributed by atoms with Crippen molar-refractivity contribution in [3.05, 3.63) is 39.9 Å². The van der Waals surface area contributed by atoms with Crippen LogP contribution in [0.1, 0.15) is 49.5 Å². The highest BCUT2D eigenvalue weighted by molar-refractivity contribution is 6.22. The Hall–Kier alpha value is -3.86. The van der Waals surface area contributed by atoms with Gasteiger partial charge >= 0.3 is 0 Å². The van der Waals surface area contributed by atoms with E-state index in [1.807, 2.05) is 20.8 Å². The Bertz CT molecular complexity index is 1320. The van der Waals surface area contributed by atoms with E-state index in [1.165, 1.54) is 0 Å². The number of primary amides is 1. The summed E-state index contributed by atoms with van der Waals surface area (Å²) in [6.45, 7) is 5.70. The summed E-state index contributed by atoms with van der Waals surface area (Å²) in [4.78, 5) is 53.0. The zero-order valence-corrected chi connectivity index (χ0v) is 22.1. The number of aromatic hydroxyl groups is 1. The number of nitrogens with one attached hydrogen (secondary N) is 2. The van der Waals surface area contributed by atoms with Crippen molar-refractivity contribution in [2.24, 2.45) is 23.5 Å². The summed E-state index contributed by atoms with van der Waals surface area (Å²) in [5.41, 5.74) is 5.58. The van der Waals surface area contributed by atoms with E-state index in [0.717, 1.165) is 0 Å². The average molecular weight is 527 g/mol. The minimum Gasteiger partial charge on any atom is -0.511 e. The van der Waals surface area contributed by atoms with Gasteiger partial charge in [-0.3, -0.25) is 19.2 Å². The summed E-state index contributed by atoms with van der Waals surface area (Å²) in [7, 11) is 3.55. The van der Waals surface area contributed by atoms with Crippen LogP contribution in [0.4, 0.5) is 11.4 Å². The molecule has 3 unspecified atom stereocenters. The van der Waals surface area contributed by atoms with Crippen LogP contribution in [0.5, 0.6) is 5.75 Å². The third-order valence-electron chi connectivity index (χ3n) is 7.40. The second-order valence-corrected chi connectivity index (χ2v) is 11.4. The molecule has 0 saturated carbocycles. The molecule has 0 aromatic heterocycles. The number of hydrogen-bond donors (Lipinski definition) is 6. The Morgan fingerprint density at radius 3 is 2.37 bits per heavy atom. The highest BCUT2D eigenvalue weighted by Crippen LogP contribution is 2.51. The molecule has 0 heterocycles. The van der Waals surface area contributed by atoms with E-state index in [0.29, 0.717) is 17.7 Å². The summed E-state index contributed by atoms with van der Waals surface area (Å²) in [6, 6.07) is 1.61. The Morgan fingerprint density at radius 1 is 1.13 bits per heavy atom. The zero-order valence-electron chi connectivity index (χ0n) is 22.1. The maximum absolute atomic E-state index is 13.8. The number of fused-ring (bicyclic) bond motifs is 3. The van der Waals surface area contributed by atoms with Crippen molar-refractivity contribution < 1.29 is 34.5 Å². The van der Waals surface area contributed by atoms with Gasteiger partial charge < -0.3 is 36.6 Å². The number of anilines is 2. The van der Waals surface area contributed by atoms with E-state index >= 15 is 0 Å². The molecule has 0 bridgehead atoms. The Balaban J connectivity index is 1.78. The van der Waals surface area contributed by atoms with Crippen molar-refractivity contribution in [3.63, 3.8) is 0 Å². The fourth-order valence-corrected chi connectivity index (χ4v) is 5.72. The van der Waals surface area contributed by atoms with Gasteiger partial charge in [0.15, 0.2) is 17.3 Å². The van der Waals surface area contributed by atoms with Crippen molar-refractivity contribution in [3.8, 4) is 5.75 Å². The fourth-order valence-electron chi connectivity index (χ4n) is 5.72. The number of nitrogens with two attached hydrogens (primary N) is 1. The molecule has 1 aromatic carbocycles. The standard InChI is InChI=1S/C27H34N4O7/c1-27(2,3)29-10-17(33)30-14-9-15(31(4)5)13-7-11-6-12-8-16(32)21(26(28)38)25(37)19(12)23(35)18(11)24(36)20(13)22(14)34/h9,11-12,19,29,32,34-35H,6-8,10H2,1-5H3,(H2,28,38)(H,30,33). The molecule has 1 aromatic rings. The van der Waals surface area contributed by atoms with E-state index in [1.54, 1.807) is 25.1 Å². The number of Topliss-reactive ketones (excluding diaryl/α,β-unsaturated/α-hetero) is 2. The van der Waals surface area contributed by atoms with Crippen LogP contribution in [0, 0.1) is 17.8 Å². The summed E-state index contributed by atoms with van der Waals surface area (Å²) in [6.07, 6.45) is 0.566. The first kappa shape index (κ1) is 27.2. The molecule has 7 N–H and O–H groups in total. The zero-order chi connectivity index (χ0) is 28.3. The van der Waals surface area contributed by atoms with Gasteiger partial charge in [0.05, 0.1) is 23.7 Å². The average Bonchev–Trinajstić information content (AvgIpc) is 2.77. The number of hydrogen-bond acceptors (Lipinski definition) is 9. The van der Waals surface area contributed by atoms with Gasteiger partial charge in [-0.05, 0) is 57.1 Å². The predicted molar refractivity (Wildman–Crippen MR) is 140 cm³/mol. The highest BCUT2D eigenvalue weighted by Gasteiger charge is 2.50.